The number of likely N-dealkylation sites (tertiary alicyclic amines) is 1. The van der Waals surface area contributed by atoms with Gasteiger partial charge in [-0.1, -0.05) is 11.6 Å². The summed E-state index contributed by atoms with van der Waals surface area (Å²) >= 11 is 5.71. The molecule has 178 valence electrons. The Morgan fingerprint density at radius 2 is 1.88 bits per heavy atom. The van der Waals surface area contributed by atoms with Gasteiger partial charge in [0.05, 0.1) is 29.1 Å². The SMILES string of the molecule is COCCOC(=O)N1CCC(NC(=O)c2[nH]ncc2NC(=O)c2c(F)ccc(F)c2Cl)CC1. The van der Waals surface area contributed by atoms with Gasteiger partial charge in [0.1, 0.15) is 23.9 Å². The van der Waals surface area contributed by atoms with Gasteiger partial charge in [-0.15, -0.1) is 0 Å². The van der Waals surface area contributed by atoms with Crippen LogP contribution in [0.15, 0.2) is 18.3 Å². The van der Waals surface area contributed by atoms with Gasteiger partial charge in [-0.25, -0.2) is 13.6 Å². The van der Waals surface area contributed by atoms with E-state index in [0.29, 0.717) is 32.5 Å². The van der Waals surface area contributed by atoms with E-state index in [1.165, 1.54) is 12.0 Å². The van der Waals surface area contributed by atoms with Crippen molar-refractivity contribution in [1.29, 1.82) is 0 Å². The number of nitrogens with one attached hydrogen (secondary N) is 3. The summed E-state index contributed by atoms with van der Waals surface area (Å²) in [5.74, 6) is -3.56. The number of nitrogens with zero attached hydrogens (tertiary/aromatic N) is 2. The minimum absolute atomic E-state index is 0.0311. The van der Waals surface area contributed by atoms with Crippen molar-refractivity contribution in [2.24, 2.45) is 0 Å². The fraction of sp³-hybridized carbons (Fsp3) is 0.400. The first kappa shape index (κ1) is 24.4. The van der Waals surface area contributed by atoms with E-state index in [0.717, 1.165) is 18.3 Å². The van der Waals surface area contributed by atoms with Crippen LogP contribution in [0.4, 0.5) is 19.3 Å². The van der Waals surface area contributed by atoms with E-state index < -0.39 is 40.1 Å². The number of piperidine rings is 1. The molecular formula is C20H22ClF2N5O5. The first-order valence-corrected chi connectivity index (χ1v) is 10.4. The number of aromatic amines is 1. The highest BCUT2D eigenvalue weighted by atomic mass is 35.5. The predicted octanol–water partition coefficient (Wildman–Crippen LogP) is 2.57. The van der Waals surface area contributed by atoms with Crippen molar-refractivity contribution in [3.63, 3.8) is 0 Å². The number of rotatable bonds is 7. The molecule has 33 heavy (non-hydrogen) atoms. The van der Waals surface area contributed by atoms with Crippen LogP contribution < -0.4 is 10.6 Å². The summed E-state index contributed by atoms with van der Waals surface area (Å²) in [7, 11) is 1.51. The number of aromatic nitrogens is 2. The molecule has 1 aliphatic heterocycles. The van der Waals surface area contributed by atoms with Gasteiger partial charge >= 0.3 is 6.09 Å². The maximum Gasteiger partial charge on any atom is 0.409 e. The van der Waals surface area contributed by atoms with Crippen molar-refractivity contribution < 1.29 is 32.6 Å². The number of carbonyl (C=O) groups excluding carboxylic acids is 3. The van der Waals surface area contributed by atoms with Crippen LogP contribution in [0.5, 0.6) is 0 Å². The molecule has 3 amide bonds. The minimum Gasteiger partial charge on any atom is -0.447 e. The molecular weight excluding hydrogens is 464 g/mol. The highest BCUT2D eigenvalue weighted by Gasteiger charge is 2.27. The molecule has 0 aliphatic carbocycles. The van der Waals surface area contributed by atoms with Crippen LogP contribution in [0.25, 0.3) is 0 Å². The monoisotopic (exact) mass is 485 g/mol. The Bertz CT molecular complexity index is 1030. The molecule has 0 bridgehead atoms. The zero-order valence-electron chi connectivity index (χ0n) is 17.6. The van der Waals surface area contributed by atoms with E-state index >= 15 is 0 Å². The number of halogens is 3. The van der Waals surface area contributed by atoms with E-state index in [1.807, 2.05) is 0 Å². The minimum atomic E-state index is -1.03. The standard InChI is InChI=1S/C20H22ClF2N5O5/c1-32-8-9-33-20(31)28-6-4-11(5-7-28)25-19(30)17-14(10-24-27-17)26-18(29)15-12(22)2-3-13(23)16(15)21/h2-3,10-11H,4-9H2,1H3,(H,24,27)(H,25,30)(H,26,29). The van der Waals surface area contributed by atoms with Crippen molar-refractivity contribution >= 4 is 35.2 Å². The van der Waals surface area contributed by atoms with Crippen molar-refractivity contribution in [2.45, 2.75) is 18.9 Å². The third-order valence-corrected chi connectivity index (χ3v) is 5.36. The molecule has 1 fully saturated rings. The topological polar surface area (TPSA) is 126 Å². The zero-order chi connectivity index (χ0) is 24.0. The van der Waals surface area contributed by atoms with E-state index in [2.05, 4.69) is 20.8 Å². The van der Waals surface area contributed by atoms with Crippen molar-refractivity contribution in [3.8, 4) is 0 Å². The summed E-state index contributed by atoms with van der Waals surface area (Å²) in [6, 6.07) is 1.34. The largest absolute Gasteiger partial charge is 0.447 e. The van der Waals surface area contributed by atoms with E-state index in [9.17, 15) is 23.2 Å². The molecule has 10 nitrogen and oxygen atoms in total. The summed E-state index contributed by atoms with van der Waals surface area (Å²) in [4.78, 5) is 38.6. The smallest absolute Gasteiger partial charge is 0.409 e. The van der Waals surface area contributed by atoms with Gasteiger partial charge in [0.2, 0.25) is 0 Å². The first-order valence-electron chi connectivity index (χ1n) is 10.0. The molecule has 2 heterocycles. The highest BCUT2D eigenvalue weighted by Crippen LogP contribution is 2.24. The lowest BCUT2D eigenvalue weighted by Gasteiger charge is -2.31. The van der Waals surface area contributed by atoms with Crippen LogP contribution in [0.3, 0.4) is 0 Å². The second-order valence-corrected chi connectivity index (χ2v) is 7.55. The zero-order valence-corrected chi connectivity index (χ0v) is 18.4. The second-order valence-electron chi connectivity index (χ2n) is 7.17. The maximum absolute atomic E-state index is 14.0. The number of methoxy groups -OCH3 is 1. The van der Waals surface area contributed by atoms with E-state index in [4.69, 9.17) is 21.1 Å². The van der Waals surface area contributed by atoms with Gasteiger partial charge in [0.15, 0.2) is 0 Å². The van der Waals surface area contributed by atoms with Gasteiger partial charge < -0.3 is 25.0 Å². The Morgan fingerprint density at radius 1 is 1.18 bits per heavy atom. The van der Waals surface area contributed by atoms with Crippen molar-refractivity contribution in [1.82, 2.24) is 20.4 Å². The average molecular weight is 486 g/mol. The fourth-order valence-corrected chi connectivity index (χ4v) is 3.48. The molecule has 3 rings (SSSR count). The van der Waals surface area contributed by atoms with Crippen LogP contribution >= 0.6 is 11.6 Å². The Hall–Kier alpha value is -3.25. The number of ether oxygens (including phenoxy) is 2. The van der Waals surface area contributed by atoms with Crippen LogP contribution in [0.1, 0.15) is 33.7 Å². The van der Waals surface area contributed by atoms with Crippen LogP contribution in [0.2, 0.25) is 5.02 Å². The number of anilines is 1. The number of H-pyrrole nitrogens is 1. The molecule has 0 spiro atoms. The normalized spacial score (nSPS) is 14.1. The molecule has 1 aromatic carbocycles. The number of benzene rings is 1. The van der Waals surface area contributed by atoms with Gasteiger partial charge in [-0.3, -0.25) is 14.7 Å². The molecule has 2 aromatic rings. The van der Waals surface area contributed by atoms with Gasteiger partial charge in [-0.2, -0.15) is 5.10 Å². The molecule has 1 saturated heterocycles. The third kappa shape index (κ3) is 5.96. The highest BCUT2D eigenvalue weighted by molar-refractivity contribution is 6.34. The molecule has 3 N–H and O–H groups in total. The molecule has 1 aliphatic rings. The number of carbonyl (C=O) groups is 3. The summed E-state index contributed by atoms with van der Waals surface area (Å²) < 4.78 is 37.5. The maximum atomic E-state index is 14.0. The van der Waals surface area contributed by atoms with Crippen LogP contribution in [-0.2, 0) is 9.47 Å². The molecule has 0 saturated carbocycles. The van der Waals surface area contributed by atoms with Crippen molar-refractivity contribution in [3.05, 3.63) is 46.2 Å². The number of amides is 3. The molecule has 13 heteroatoms. The van der Waals surface area contributed by atoms with Gasteiger partial charge in [0.25, 0.3) is 11.8 Å². The molecule has 0 atom stereocenters. The van der Waals surface area contributed by atoms with Gasteiger partial charge in [0, 0.05) is 26.2 Å². The lowest BCUT2D eigenvalue weighted by molar-refractivity contribution is 0.0640. The average Bonchev–Trinajstić information content (AvgIpc) is 3.25. The summed E-state index contributed by atoms with van der Waals surface area (Å²) in [6.45, 7) is 1.24. The van der Waals surface area contributed by atoms with Crippen LogP contribution in [-0.4, -0.2) is 72.5 Å². The van der Waals surface area contributed by atoms with Gasteiger partial charge in [-0.05, 0) is 25.0 Å². The molecule has 1 aromatic heterocycles. The second kappa shape index (κ2) is 11.1. The molecule has 0 radical (unpaired) electrons. The Balaban J connectivity index is 1.57. The number of hydrogen-bond acceptors (Lipinski definition) is 6. The lowest BCUT2D eigenvalue weighted by Crippen LogP contribution is -2.47. The summed E-state index contributed by atoms with van der Waals surface area (Å²) in [5.41, 5.74) is -0.789. The quantitative estimate of drug-likeness (QED) is 0.409. The third-order valence-electron chi connectivity index (χ3n) is 4.99. The molecule has 0 unspecified atom stereocenters. The van der Waals surface area contributed by atoms with Crippen LogP contribution in [0, 0.1) is 11.6 Å². The Morgan fingerprint density at radius 3 is 2.58 bits per heavy atom. The van der Waals surface area contributed by atoms with E-state index in [-0.39, 0.29) is 24.0 Å². The van der Waals surface area contributed by atoms with Crippen molar-refractivity contribution in [2.75, 3.05) is 38.7 Å². The fourth-order valence-electron chi connectivity index (χ4n) is 3.24. The number of hydrogen-bond donors (Lipinski definition) is 3. The Kier molecular flexibility index (Phi) is 8.17. The van der Waals surface area contributed by atoms with E-state index in [1.54, 1.807) is 0 Å². The predicted molar refractivity (Wildman–Crippen MR) is 113 cm³/mol. The lowest BCUT2D eigenvalue weighted by atomic mass is 10.1. The summed E-state index contributed by atoms with van der Waals surface area (Å²) in [5, 5.41) is 10.7. The first-order chi connectivity index (χ1) is 15.8. The summed E-state index contributed by atoms with van der Waals surface area (Å²) in [6.07, 6.45) is 1.70. The Labute approximate surface area is 192 Å².